The molecule has 1 heterocycles. The minimum absolute atomic E-state index is 0.0775. The minimum atomic E-state index is -0.461. The van der Waals surface area contributed by atoms with E-state index in [2.05, 4.69) is 15.5 Å². The molecule has 0 atom stereocenters. The van der Waals surface area contributed by atoms with E-state index in [1.54, 1.807) is 0 Å². The van der Waals surface area contributed by atoms with Gasteiger partial charge < -0.3 is 9.84 Å². The largest absolute Gasteiger partial charge is 0.343 e. The van der Waals surface area contributed by atoms with Gasteiger partial charge in [-0.1, -0.05) is 35.0 Å². The molecule has 0 unspecified atom stereocenters. The lowest BCUT2D eigenvalue weighted by atomic mass is 10.1. The van der Waals surface area contributed by atoms with E-state index in [0.29, 0.717) is 5.82 Å². The fourth-order valence-electron chi connectivity index (χ4n) is 2.12. The van der Waals surface area contributed by atoms with Crippen LogP contribution in [0.15, 0.2) is 53.1 Å². The molecular weight excluding hydrogens is 297 g/mol. The van der Waals surface area contributed by atoms with Gasteiger partial charge in [0.25, 0.3) is 5.91 Å². The van der Waals surface area contributed by atoms with Crippen molar-refractivity contribution >= 4 is 5.91 Å². The second-order valence-electron chi connectivity index (χ2n) is 5.07. The molecule has 3 rings (SSSR count). The summed E-state index contributed by atoms with van der Waals surface area (Å²) in [6.07, 6.45) is 0. The van der Waals surface area contributed by atoms with Crippen LogP contribution in [0.4, 0.5) is 4.39 Å². The van der Waals surface area contributed by atoms with E-state index < -0.39 is 11.7 Å². The zero-order chi connectivity index (χ0) is 16.2. The van der Waals surface area contributed by atoms with Crippen molar-refractivity contribution in [1.82, 2.24) is 15.5 Å². The first-order valence-electron chi connectivity index (χ1n) is 7.05. The molecular formula is C17H14FN3O2. The molecule has 0 saturated heterocycles. The van der Waals surface area contributed by atoms with Gasteiger partial charge >= 0.3 is 0 Å². The van der Waals surface area contributed by atoms with Gasteiger partial charge in [0, 0.05) is 11.1 Å². The van der Waals surface area contributed by atoms with Gasteiger partial charge in [0.2, 0.25) is 11.7 Å². The van der Waals surface area contributed by atoms with Crippen LogP contribution >= 0.6 is 0 Å². The van der Waals surface area contributed by atoms with Gasteiger partial charge in [-0.2, -0.15) is 4.98 Å². The number of hydrogen-bond acceptors (Lipinski definition) is 4. The number of halogens is 1. The summed E-state index contributed by atoms with van der Waals surface area (Å²) < 4.78 is 18.2. The lowest BCUT2D eigenvalue weighted by Gasteiger charge is -2.02. The Balaban J connectivity index is 1.67. The molecule has 23 heavy (non-hydrogen) atoms. The van der Waals surface area contributed by atoms with Gasteiger partial charge in [-0.05, 0) is 31.2 Å². The van der Waals surface area contributed by atoms with Gasteiger partial charge in [0.1, 0.15) is 5.82 Å². The molecule has 1 aromatic heterocycles. The monoisotopic (exact) mass is 311 g/mol. The maximum Gasteiger partial charge on any atom is 0.251 e. The second-order valence-corrected chi connectivity index (χ2v) is 5.07. The molecule has 0 bridgehead atoms. The number of rotatable bonds is 4. The van der Waals surface area contributed by atoms with E-state index >= 15 is 0 Å². The molecule has 1 amide bonds. The summed E-state index contributed by atoms with van der Waals surface area (Å²) in [7, 11) is 0. The lowest BCUT2D eigenvalue weighted by Crippen LogP contribution is -2.23. The van der Waals surface area contributed by atoms with Crippen molar-refractivity contribution in [2.45, 2.75) is 13.5 Å². The zero-order valence-corrected chi connectivity index (χ0v) is 12.4. The lowest BCUT2D eigenvalue weighted by molar-refractivity contribution is 0.0946. The SMILES string of the molecule is Cc1cccc(-c2noc(CNC(=O)c3cccc(F)c3)n2)c1. The van der Waals surface area contributed by atoms with Gasteiger partial charge in [0.15, 0.2) is 0 Å². The Morgan fingerprint density at radius 2 is 2.04 bits per heavy atom. The second kappa shape index (κ2) is 6.39. The average Bonchev–Trinajstić information content (AvgIpc) is 3.01. The van der Waals surface area contributed by atoms with E-state index in [0.717, 1.165) is 11.1 Å². The Morgan fingerprint density at radius 3 is 2.83 bits per heavy atom. The maximum atomic E-state index is 13.1. The summed E-state index contributed by atoms with van der Waals surface area (Å²) in [6.45, 7) is 2.05. The van der Waals surface area contributed by atoms with Crippen LogP contribution in [0.1, 0.15) is 21.8 Å². The Kier molecular flexibility index (Phi) is 4.14. The molecule has 0 radical (unpaired) electrons. The number of aryl methyl sites for hydroxylation is 1. The summed E-state index contributed by atoms with van der Waals surface area (Å²) in [5.74, 6) is -0.119. The predicted octanol–water partition coefficient (Wildman–Crippen LogP) is 3.11. The number of nitrogens with zero attached hydrogens (tertiary/aromatic N) is 2. The number of hydrogen-bond donors (Lipinski definition) is 1. The minimum Gasteiger partial charge on any atom is -0.343 e. The first kappa shape index (κ1) is 14.9. The standard InChI is InChI=1S/C17H14FN3O2/c1-11-4-2-5-12(8-11)16-20-15(23-21-16)10-19-17(22)13-6-3-7-14(18)9-13/h2-9H,10H2,1H3,(H,19,22). The molecule has 0 aliphatic rings. The molecule has 0 aliphatic heterocycles. The maximum absolute atomic E-state index is 13.1. The molecule has 0 saturated carbocycles. The van der Waals surface area contributed by atoms with Crippen LogP contribution in [0.2, 0.25) is 0 Å². The van der Waals surface area contributed by atoms with Crippen molar-refractivity contribution < 1.29 is 13.7 Å². The van der Waals surface area contributed by atoms with Crippen LogP contribution in [-0.2, 0) is 6.54 Å². The van der Waals surface area contributed by atoms with Gasteiger partial charge in [-0.15, -0.1) is 0 Å². The van der Waals surface area contributed by atoms with Crippen molar-refractivity contribution in [3.63, 3.8) is 0 Å². The molecule has 5 nitrogen and oxygen atoms in total. The van der Waals surface area contributed by atoms with E-state index in [9.17, 15) is 9.18 Å². The fraction of sp³-hybridized carbons (Fsp3) is 0.118. The highest BCUT2D eigenvalue weighted by molar-refractivity contribution is 5.94. The Hall–Kier alpha value is -3.02. The van der Waals surface area contributed by atoms with E-state index in [4.69, 9.17) is 4.52 Å². The summed E-state index contributed by atoms with van der Waals surface area (Å²) in [5, 5.41) is 6.51. The van der Waals surface area contributed by atoms with Crippen LogP contribution in [-0.4, -0.2) is 16.0 Å². The topological polar surface area (TPSA) is 68.0 Å². The van der Waals surface area contributed by atoms with Crippen molar-refractivity contribution in [2.24, 2.45) is 0 Å². The molecule has 6 heteroatoms. The molecule has 2 aromatic carbocycles. The molecule has 0 spiro atoms. The molecule has 0 aliphatic carbocycles. The highest BCUT2D eigenvalue weighted by atomic mass is 19.1. The molecule has 1 N–H and O–H groups in total. The average molecular weight is 311 g/mol. The third-order valence-corrected chi connectivity index (χ3v) is 3.23. The fourth-order valence-corrected chi connectivity index (χ4v) is 2.12. The third kappa shape index (κ3) is 3.60. The van der Waals surface area contributed by atoms with Crippen molar-refractivity contribution in [3.05, 3.63) is 71.4 Å². The van der Waals surface area contributed by atoms with E-state index in [1.807, 2.05) is 31.2 Å². The first-order chi connectivity index (χ1) is 11.1. The van der Waals surface area contributed by atoms with Gasteiger partial charge in [-0.25, -0.2) is 4.39 Å². The number of amides is 1. The first-order valence-corrected chi connectivity index (χ1v) is 7.05. The van der Waals surface area contributed by atoms with Crippen LogP contribution in [0, 0.1) is 12.7 Å². The zero-order valence-electron chi connectivity index (χ0n) is 12.4. The third-order valence-electron chi connectivity index (χ3n) is 3.23. The van der Waals surface area contributed by atoms with E-state index in [1.165, 1.54) is 24.3 Å². The molecule has 116 valence electrons. The van der Waals surface area contributed by atoms with E-state index in [-0.39, 0.29) is 18.0 Å². The summed E-state index contributed by atoms with van der Waals surface area (Å²) in [6, 6.07) is 13.2. The Morgan fingerprint density at radius 1 is 1.22 bits per heavy atom. The Bertz CT molecular complexity index is 845. The predicted molar refractivity (Wildman–Crippen MR) is 82.0 cm³/mol. The van der Waals surface area contributed by atoms with Gasteiger partial charge in [0.05, 0.1) is 6.54 Å². The smallest absolute Gasteiger partial charge is 0.251 e. The Labute approximate surface area is 132 Å². The summed E-state index contributed by atoms with van der Waals surface area (Å²) >= 11 is 0. The van der Waals surface area contributed by atoms with Crippen molar-refractivity contribution in [1.29, 1.82) is 0 Å². The van der Waals surface area contributed by atoms with Crippen LogP contribution in [0.25, 0.3) is 11.4 Å². The highest BCUT2D eigenvalue weighted by Crippen LogP contribution is 2.16. The van der Waals surface area contributed by atoms with Crippen molar-refractivity contribution in [2.75, 3.05) is 0 Å². The molecule has 3 aromatic rings. The number of carbonyl (C=O) groups is 1. The quantitative estimate of drug-likeness (QED) is 0.804. The van der Waals surface area contributed by atoms with Crippen LogP contribution in [0.3, 0.4) is 0 Å². The molecule has 0 fully saturated rings. The number of benzene rings is 2. The number of carbonyl (C=O) groups excluding carboxylic acids is 1. The normalized spacial score (nSPS) is 10.5. The van der Waals surface area contributed by atoms with Gasteiger partial charge in [-0.3, -0.25) is 4.79 Å². The highest BCUT2D eigenvalue weighted by Gasteiger charge is 2.11. The summed E-state index contributed by atoms with van der Waals surface area (Å²) in [5.41, 5.74) is 2.17. The van der Waals surface area contributed by atoms with Crippen LogP contribution in [0.5, 0.6) is 0 Å². The van der Waals surface area contributed by atoms with Crippen molar-refractivity contribution in [3.8, 4) is 11.4 Å². The number of aromatic nitrogens is 2. The van der Waals surface area contributed by atoms with Crippen LogP contribution < -0.4 is 5.32 Å². The number of nitrogens with one attached hydrogen (secondary N) is 1. The summed E-state index contributed by atoms with van der Waals surface area (Å²) in [4.78, 5) is 16.2.